The summed E-state index contributed by atoms with van der Waals surface area (Å²) in [5, 5.41) is 13.8. The summed E-state index contributed by atoms with van der Waals surface area (Å²) < 4.78 is 15.4. The number of ether oxygens (including phenoxy) is 2. The number of aromatic nitrogens is 10. The summed E-state index contributed by atoms with van der Waals surface area (Å²) in [6.45, 7) is 12.3. The van der Waals surface area contributed by atoms with E-state index in [-0.39, 0.29) is 24.1 Å². The SMILES string of the molecule is COc1ccc2c3cnc(Nc4ccc(N5CCN(C(=O)OC(C)(C)C)CC5)cn4)nc3n(C3CCCC3)c2n1.Cl.O=c1ccc2c3cnc(Nc4ccc(N5CCNCC5)cn4)nc3n(C3CCCC3)c2[nH]1. The Bertz CT molecular complexity index is 3270. The number of piperazine rings is 2. The topological polar surface area (TPSA) is 214 Å². The van der Waals surface area contributed by atoms with Crippen LogP contribution in [0, 0.1) is 0 Å². The van der Waals surface area contributed by atoms with Crippen LogP contribution in [0.3, 0.4) is 0 Å². The number of amides is 1. The van der Waals surface area contributed by atoms with Crippen molar-refractivity contribution in [3.63, 3.8) is 0 Å². The molecule has 1 amide bonds. The predicted molar refractivity (Wildman–Crippen MR) is 287 cm³/mol. The Morgan fingerprint density at radius 2 is 1.15 bits per heavy atom. The Hall–Kier alpha value is -7.32. The lowest BCUT2D eigenvalue weighted by Crippen LogP contribution is -2.50. The molecule has 0 radical (unpaired) electrons. The fourth-order valence-corrected chi connectivity index (χ4v) is 10.6. The number of nitrogens with zero attached hydrogens (tertiary/aromatic N) is 12. The first-order valence-electron chi connectivity index (χ1n) is 25.3. The summed E-state index contributed by atoms with van der Waals surface area (Å²) in [4.78, 5) is 66.7. The predicted octanol–water partition coefficient (Wildman–Crippen LogP) is 8.66. The summed E-state index contributed by atoms with van der Waals surface area (Å²) in [5.41, 5.74) is 4.99. The Morgan fingerprint density at radius 1 is 0.616 bits per heavy atom. The summed E-state index contributed by atoms with van der Waals surface area (Å²) >= 11 is 0. The van der Waals surface area contributed by atoms with Crippen molar-refractivity contribution < 1.29 is 14.3 Å². The number of hydrogen-bond acceptors (Lipinski definition) is 16. The smallest absolute Gasteiger partial charge is 0.410 e. The van der Waals surface area contributed by atoms with Gasteiger partial charge >= 0.3 is 6.09 Å². The van der Waals surface area contributed by atoms with Crippen molar-refractivity contribution in [2.45, 2.75) is 89.8 Å². The Kier molecular flexibility index (Phi) is 14.2. The first-order chi connectivity index (χ1) is 35.0. The van der Waals surface area contributed by atoms with Crippen LogP contribution >= 0.6 is 12.4 Å². The Morgan fingerprint density at radius 3 is 1.71 bits per heavy atom. The molecule has 4 fully saturated rings. The van der Waals surface area contributed by atoms with E-state index in [2.05, 4.69) is 65.9 Å². The molecule has 2 saturated heterocycles. The number of anilines is 6. The Labute approximate surface area is 428 Å². The van der Waals surface area contributed by atoms with E-state index in [0.29, 0.717) is 54.6 Å². The van der Waals surface area contributed by atoms with Crippen molar-refractivity contribution in [2.24, 2.45) is 0 Å². The van der Waals surface area contributed by atoms with E-state index >= 15 is 0 Å². The van der Waals surface area contributed by atoms with Gasteiger partial charge in [-0.05, 0) is 82.9 Å². The molecule has 0 unspecified atom stereocenters. The first kappa shape index (κ1) is 49.3. The second kappa shape index (κ2) is 21.0. The number of pyridine rings is 4. The molecule has 2 aliphatic carbocycles. The maximum atomic E-state index is 12.4. The molecule has 20 nitrogen and oxygen atoms in total. The van der Waals surface area contributed by atoms with Gasteiger partial charge in [-0.3, -0.25) is 4.79 Å². The van der Waals surface area contributed by atoms with Gasteiger partial charge in [0.2, 0.25) is 23.3 Å². The molecule has 0 aromatic carbocycles. The summed E-state index contributed by atoms with van der Waals surface area (Å²) in [6, 6.07) is 16.1. The maximum absolute atomic E-state index is 12.4. The molecule has 73 heavy (non-hydrogen) atoms. The lowest BCUT2D eigenvalue weighted by molar-refractivity contribution is 0.0240. The molecule has 12 rings (SSSR count). The summed E-state index contributed by atoms with van der Waals surface area (Å²) in [7, 11) is 1.64. The van der Waals surface area contributed by atoms with Crippen LogP contribution < -0.4 is 36.0 Å². The quantitative estimate of drug-likeness (QED) is 0.106. The number of fused-ring (bicyclic) bond motifs is 6. The van der Waals surface area contributed by atoms with E-state index in [1.807, 2.05) is 82.0 Å². The molecule has 4 aliphatic rings. The molecule has 8 aromatic heterocycles. The van der Waals surface area contributed by atoms with E-state index in [4.69, 9.17) is 24.4 Å². The van der Waals surface area contributed by atoms with Crippen molar-refractivity contribution >= 4 is 97.5 Å². The highest BCUT2D eigenvalue weighted by Gasteiger charge is 2.28. The number of aromatic amines is 1. The zero-order valence-electron chi connectivity index (χ0n) is 41.8. The number of halogens is 1. The number of hydrogen-bond donors (Lipinski definition) is 4. The molecule has 8 aromatic rings. The van der Waals surface area contributed by atoms with Gasteiger partial charge in [0, 0.05) is 111 Å². The van der Waals surface area contributed by atoms with Crippen molar-refractivity contribution in [3.8, 4) is 5.88 Å². The van der Waals surface area contributed by atoms with Crippen molar-refractivity contribution in [2.75, 3.05) is 79.9 Å². The van der Waals surface area contributed by atoms with Gasteiger partial charge in [0.1, 0.15) is 39.8 Å². The standard InChI is InChI=1S/C29H36N8O3.C23H26N8O.ClH/c1-29(2,3)40-28(38)36-15-13-35(14-16-36)20-9-11-23(30-17-20)32-27-31-18-22-21-10-12-24(39-4)33-25(21)37(26(22)34-27)19-7-5-6-8-19;32-20-8-6-17-18-14-26-23(29-22(18)31(21(17)28-20)15-3-1-2-4-15)27-19-7-5-16(13-25-19)30-11-9-24-10-12-30;/h9-12,17-19H,5-8,13-16H2,1-4H3,(H,30,31,32,34);5-8,13-15,24H,1-4,9-12H2,(H,28,32)(H,25,26,27,29);1H. The highest BCUT2D eigenvalue weighted by atomic mass is 35.5. The van der Waals surface area contributed by atoms with Crippen LogP contribution in [0.2, 0.25) is 0 Å². The molecule has 0 spiro atoms. The fraction of sp³-hybridized carbons (Fsp3) is 0.442. The van der Waals surface area contributed by atoms with E-state index in [1.54, 1.807) is 18.1 Å². The number of carbonyl (C=O) groups is 1. The summed E-state index contributed by atoms with van der Waals surface area (Å²) in [6.07, 6.45) is 16.4. The maximum Gasteiger partial charge on any atom is 0.410 e. The van der Waals surface area contributed by atoms with Gasteiger partial charge < -0.3 is 54.2 Å². The first-order valence-corrected chi connectivity index (χ1v) is 25.3. The highest BCUT2D eigenvalue weighted by Crippen LogP contribution is 2.39. The number of rotatable bonds is 9. The minimum atomic E-state index is -0.493. The third-order valence-corrected chi connectivity index (χ3v) is 14.1. The number of carbonyl (C=O) groups excluding carboxylic acids is 1. The monoisotopic (exact) mass is 1010 g/mol. The Balaban J connectivity index is 0.000000169. The molecule has 21 heteroatoms. The van der Waals surface area contributed by atoms with Gasteiger partial charge in [0.15, 0.2) is 0 Å². The van der Waals surface area contributed by atoms with Crippen LogP contribution in [0.15, 0.2) is 78.1 Å². The van der Waals surface area contributed by atoms with Gasteiger partial charge in [0.05, 0.1) is 30.9 Å². The van der Waals surface area contributed by atoms with Crippen LogP contribution in [0.1, 0.15) is 84.2 Å². The van der Waals surface area contributed by atoms with Gasteiger partial charge in [-0.2, -0.15) is 15.0 Å². The average Bonchev–Trinajstić information content (AvgIpc) is 4.23. The largest absolute Gasteiger partial charge is 0.481 e. The molecular weight excluding hydrogens is 948 g/mol. The third kappa shape index (κ3) is 10.5. The number of H-pyrrole nitrogens is 1. The third-order valence-electron chi connectivity index (χ3n) is 14.1. The lowest BCUT2D eigenvalue weighted by atomic mass is 10.2. The van der Waals surface area contributed by atoms with E-state index < -0.39 is 5.60 Å². The van der Waals surface area contributed by atoms with E-state index in [9.17, 15) is 9.59 Å². The van der Waals surface area contributed by atoms with Crippen molar-refractivity contribution in [3.05, 3.63) is 83.7 Å². The minimum absolute atomic E-state index is 0. The van der Waals surface area contributed by atoms with Crippen LogP contribution in [-0.2, 0) is 4.74 Å². The van der Waals surface area contributed by atoms with E-state index in [1.165, 1.54) is 25.7 Å². The van der Waals surface area contributed by atoms with Gasteiger partial charge in [-0.1, -0.05) is 25.7 Å². The van der Waals surface area contributed by atoms with Crippen LogP contribution in [0.25, 0.3) is 44.1 Å². The van der Waals surface area contributed by atoms with E-state index in [0.717, 1.165) is 120 Å². The molecular formula is C52H63ClN16O4. The second-order valence-electron chi connectivity index (χ2n) is 20.0. The van der Waals surface area contributed by atoms with Crippen LogP contribution in [0.5, 0.6) is 5.88 Å². The molecule has 4 N–H and O–H groups in total. The summed E-state index contributed by atoms with van der Waals surface area (Å²) in [5.74, 6) is 2.97. The van der Waals surface area contributed by atoms with Crippen LogP contribution in [0.4, 0.5) is 39.7 Å². The highest BCUT2D eigenvalue weighted by molar-refractivity contribution is 6.06. The van der Waals surface area contributed by atoms with Crippen molar-refractivity contribution in [1.29, 1.82) is 0 Å². The second-order valence-corrected chi connectivity index (χ2v) is 20.0. The fourth-order valence-electron chi connectivity index (χ4n) is 10.6. The lowest BCUT2D eigenvalue weighted by Gasteiger charge is -2.36. The molecule has 0 atom stereocenters. The average molecular weight is 1010 g/mol. The molecule has 382 valence electrons. The molecule has 2 saturated carbocycles. The molecule has 10 heterocycles. The zero-order valence-corrected chi connectivity index (χ0v) is 42.6. The van der Waals surface area contributed by atoms with Gasteiger partial charge in [-0.15, -0.1) is 12.4 Å². The number of methoxy groups -OCH3 is 1. The zero-order chi connectivity index (χ0) is 49.3. The number of nitrogens with one attached hydrogen (secondary N) is 4. The minimum Gasteiger partial charge on any atom is -0.481 e. The van der Waals surface area contributed by atoms with Crippen LogP contribution in [-0.4, -0.2) is 125 Å². The van der Waals surface area contributed by atoms with Gasteiger partial charge in [-0.25, -0.2) is 24.7 Å². The van der Waals surface area contributed by atoms with Gasteiger partial charge in [0.25, 0.3) is 0 Å². The normalized spacial score (nSPS) is 16.7. The van der Waals surface area contributed by atoms with Crippen molar-refractivity contribution in [1.82, 2.24) is 59.2 Å². The molecule has 0 bridgehead atoms. The molecule has 2 aliphatic heterocycles.